The van der Waals surface area contributed by atoms with E-state index >= 15 is 0 Å². The van der Waals surface area contributed by atoms with E-state index in [0.29, 0.717) is 12.6 Å². The van der Waals surface area contributed by atoms with Crippen LogP contribution in [0.5, 0.6) is 5.75 Å². The van der Waals surface area contributed by atoms with Crippen LogP contribution in [0.1, 0.15) is 30.9 Å². The van der Waals surface area contributed by atoms with Gasteiger partial charge in [-0.1, -0.05) is 26.0 Å². The Morgan fingerprint density at radius 2 is 1.94 bits per heavy atom. The second kappa shape index (κ2) is 7.39. The topological polar surface area (TPSA) is 21.7 Å². The van der Waals surface area contributed by atoms with Crippen LogP contribution in [0.2, 0.25) is 0 Å². The molecule has 1 aromatic rings. The van der Waals surface area contributed by atoms with Crippen molar-refractivity contribution in [3.63, 3.8) is 0 Å². The Kier molecular flexibility index (Phi) is 6.16. The molecule has 0 bridgehead atoms. The van der Waals surface area contributed by atoms with Crippen LogP contribution in [0.3, 0.4) is 0 Å². The van der Waals surface area contributed by atoms with Crippen molar-refractivity contribution in [2.45, 2.75) is 26.2 Å². The molecule has 3 heteroatoms. The third-order valence-electron chi connectivity index (χ3n) is 3.08. The highest BCUT2D eigenvalue weighted by Crippen LogP contribution is 2.24. The fourth-order valence-corrected chi connectivity index (χ4v) is 1.95. The van der Waals surface area contributed by atoms with Crippen molar-refractivity contribution >= 4 is 0 Å². The number of likely N-dealkylation sites (N-methyl/N-ethyl adjacent to an activating group) is 1. The van der Waals surface area contributed by atoms with Crippen molar-refractivity contribution in [3.8, 4) is 5.75 Å². The van der Waals surface area contributed by atoms with Gasteiger partial charge < -0.3 is 9.47 Å². The van der Waals surface area contributed by atoms with E-state index in [1.54, 1.807) is 14.2 Å². The van der Waals surface area contributed by atoms with Crippen molar-refractivity contribution < 1.29 is 9.47 Å². The van der Waals surface area contributed by atoms with E-state index < -0.39 is 0 Å². The maximum Gasteiger partial charge on any atom is 0.122 e. The Balaban J connectivity index is 2.75. The normalized spacial score (nSPS) is 11.3. The minimum absolute atomic E-state index is 0.548. The number of hydrogen-bond donors (Lipinski definition) is 0. The lowest BCUT2D eigenvalue weighted by Gasteiger charge is -2.17. The highest BCUT2D eigenvalue weighted by Gasteiger charge is 2.08. The average molecular weight is 251 g/mol. The van der Waals surface area contributed by atoms with E-state index in [1.165, 1.54) is 11.1 Å². The molecule has 0 aromatic heterocycles. The Hall–Kier alpha value is -1.06. The van der Waals surface area contributed by atoms with Crippen LogP contribution in [-0.2, 0) is 11.2 Å². The van der Waals surface area contributed by atoms with Gasteiger partial charge in [0.25, 0.3) is 0 Å². The van der Waals surface area contributed by atoms with Gasteiger partial charge in [-0.2, -0.15) is 0 Å². The van der Waals surface area contributed by atoms with E-state index in [1.807, 2.05) is 0 Å². The highest BCUT2D eigenvalue weighted by atomic mass is 16.5. The molecule has 0 aliphatic heterocycles. The van der Waals surface area contributed by atoms with E-state index in [0.717, 1.165) is 18.7 Å². The molecular weight excluding hydrogens is 226 g/mol. The van der Waals surface area contributed by atoms with Gasteiger partial charge in [-0.25, -0.2) is 0 Å². The Labute approximate surface area is 111 Å². The number of methoxy groups -OCH3 is 2. The monoisotopic (exact) mass is 251 g/mol. The summed E-state index contributed by atoms with van der Waals surface area (Å²) in [6.45, 7) is 6.04. The summed E-state index contributed by atoms with van der Waals surface area (Å²) in [6.07, 6.45) is 0.976. The summed E-state index contributed by atoms with van der Waals surface area (Å²) in [6, 6.07) is 6.47. The van der Waals surface area contributed by atoms with Gasteiger partial charge in [-0.05, 0) is 36.6 Å². The Bertz CT molecular complexity index is 364. The number of rotatable bonds is 7. The fraction of sp³-hybridized carbons (Fsp3) is 0.600. The van der Waals surface area contributed by atoms with Gasteiger partial charge in [0.05, 0.1) is 13.8 Å². The number of benzene rings is 1. The van der Waals surface area contributed by atoms with E-state index in [2.05, 4.69) is 44.0 Å². The molecule has 0 aliphatic carbocycles. The summed E-state index contributed by atoms with van der Waals surface area (Å²) in [4.78, 5) is 2.15. The predicted octanol–water partition coefficient (Wildman–Crippen LogP) is 2.90. The fourth-order valence-electron chi connectivity index (χ4n) is 1.95. The zero-order chi connectivity index (χ0) is 13.5. The quantitative estimate of drug-likeness (QED) is 0.696. The summed E-state index contributed by atoms with van der Waals surface area (Å²) in [5, 5.41) is 0. The van der Waals surface area contributed by atoms with Crippen LogP contribution in [0.25, 0.3) is 0 Å². The standard InChI is InChI=1S/C15H25NO2/c1-12(2)13-6-7-15(18-5)14(10-13)8-9-16(3)11-17-4/h6-7,10,12H,8-9,11H2,1-5H3. The van der Waals surface area contributed by atoms with Crippen LogP contribution >= 0.6 is 0 Å². The zero-order valence-corrected chi connectivity index (χ0v) is 12.2. The smallest absolute Gasteiger partial charge is 0.122 e. The molecule has 18 heavy (non-hydrogen) atoms. The first-order chi connectivity index (χ1) is 8.58. The van der Waals surface area contributed by atoms with Crippen molar-refractivity contribution in [1.82, 2.24) is 4.90 Å². The molecule has 0 aliphatic rings. The van der Waals surface area contributed by atoms with Crippen molar-refractivity contribution in [2.24, 2.45) is 0 Å². The minimum atomic E-state index is 0.548. The molecule has 0 heterocycles. The summed E-state index contributed by atoms with van der Waals surface area (Å²) >= 11 is 0. The molecule has 0 N–H and O–H groups in total. The molecule has 0 spiro atoms. The second-order valence-electron chi connectivity index (χ2n) is 4.97. The molecule has 0 saturated carbocycles. The van der Waals surface area contributed by atoms with E-state index in [4.69, 9.17) is 9.47 Å². The van der Waals surface area contributed by atoms with Gasteiger partial charge in [0.15, 0.2) is 0 Å². The largest absolute Gasteiger partial charge is 0.496 e. The predicted molar refractivity (Wildman–Crippen MR) is 75.3 cm³/mol. The molecule has 102 valence electrons. The van der Waals surface area contributed by atoms with Gasteiger partial charge in [0.2, 0.25) is 0 Å². The molecule has 0 saturated heterocycles. The summed E-state index contributed by atoms with van der Waals surface area (Å²) in [7, 11) is 5.51. The Morgan fingerprint density at radius 3 is 2.50 bits per heavy atom. The van der Waals surface area contributed by atoms with Crippen LogP contribution in [0.4, 0.5) is 0 Å². The molecule has 0 atom stereocenters. The van der Waals surface area contributed by atoms with Crippen molar-refractivity contribution in [3.05, 3.63) is 29.3 Å². The van der Waals surface area contributed by atoms with Crippen LogP contribution < -0.4 is 4.74 Å². The third-order valence-corrected chi connectivity index (χ3v) is 3.08. The lowest BCUT2D eigenvalue weighted by Crippen LogP contribution is -2.23. The highest BCUT2D eigenvalue weighted by molar-refractivity contribution is 5.38. The van der Waals surface area contributed by atoms with Gasteiger partial charge in [-0.15, -0.1) is 0 Å². The molecule has 0 amide bonds. The van der Waals surface area contributed by atoms with E-state index in [-0.39, 0.29) is 0 Å². The van der Waals surface area contributed by atoms with Gasteiger partial charge >= 0.3 is 0 Å². The lowest BCUT2D eigenvalue weighted by molar-refractivity contribution is 0.0826. The summed E-state index contributed by atoms with van der Waals surface area (Å²) in [5.41, 5.74) is 2.63. The van der Waals surface area contributed by atoms with Crippen LogP contribution in [0, 0.1) is 0 Å². The average Bonchev–Trinajstić information content (AvgIpc) is 2.36. The summed E-state index contributed by atoms with van der Waals surface area (Å²) < 4.78 is 10.5. The molecule has 0 fully saturated rings. The minimum Gasteiger partial charge on any atom is -0.496 e. The molecule has 1 rings (SSSR count). The van der Waals surface area contributed by atoms with Crippen LogP contribution in [0.15, 0.2) is 18.2 Å². The van der Waals surface area contributed by atoms with Crippen molar-refractivity contribution in [2.75, 3.05) is 34.5 Å². The SMILES string of the molecule is COCN(C)CCc1cc(C(C)C)ccc1OC. The Morgan fingerprint density at radius 1 is 1.22 bits per heavy atom. The first-order valence-corrected chi connectivity index (χ1v) is 6.42. The zero-order valence-electron chi connectivity index (χ0n) is 12.2. The molecule has 0 radical (unpaired) electrons. The second-order valence-corrected chi connectivity index (χ2v) is 4.97. The first-order valence-electron chi connectivity index (χ1n) is 6.42. The summed E-state index contributed by atoms with van der Waals surface area (Å²) in [5.74, 6) is 1.52. The van der Waals surface area contributed by atoms with Crippen LogP contribution in [-0.4, -0.2) is 39.4 Å². The van der Waals surface area contributed by atoms with Crippen molar-refractivity contribution in [1.29, 1.82) is 0 Å². The maximum absolute atomic E-state index is 5.42. The molecule has 1 aromatic carbocycles. The third kappa shape index (κ3) is 4.31. The molecule has 0 unspecified atom stereocenters. The van der Waals surface area contributed by atoms with Gasteiger partial charge in [0, 0.05) is 13.7 Å². The molecular formula is C15H25NO2. The first kappa shape index (κ1) is 15.0. The maximum atomic E-state index is 5.42. The molecule has 3 nitrogen and oxygen atoms in total. The number of hydrogen-bond acceptors (Lipinski definition) is 3. The van der Waals surface area contributed by atoms with Gasteiger partial charge in [0.1, 0.15) is 5.75 Å². The number of ether oxygens (including phenoxy) is 2. The lowest BCUT2D eigenvalue weighted by atomic mass is 9.99. The van der Waals surface area contributed by atoms with Gasteiger partial charge in [-0.3, -0.25) is 4.90 Å². The number of nitrogens with zero attached hydrogens (tertiary/aromatic N) is 1. The van der Waals surface area contributed by atoms with E-state index in [9.17, 15) is 0 Å².